The zero-order valence-corrected chi connectivity index (χ0v) is 19.4. The second-order valence-corrected chi connectivity index (χ2v) is 7.58. The van der Waals surface area contributed by atoms with Gasteiger partial charge in [0.05, 0.1) is 22.9 Å². The summed E-state index contributed by atoms with van der Waals surface area (Å²) < 4.78 is 69.3. The van der Waals surface area contributed by atoms with Gasteiger partial charge >= 0.3 is 12.1 Å². The molecule has 0 aromatic heterocycles. The van der Waals surface area contributed by atoms with Crippen LogP contribution < -0.4 is 9.47 Å². The first-order valence-corrected chi connectivity index (χ1v) is 10.7. The van der Waals surface area contributed by atoms with Gasteiger partial charge < -0.3 is 19.0 Å². The quantitative estimate of drug-likeness (QED) is 0.137. The van der Waals surface area contributed by atoms with E-state index in [1.807, 2.05) is 0 Å². The number of hydrogen-bond acceptors (Lipinski definition) is 6. The molecular weight excluding hydrogens is 494 g/mol. The van der Waals surface area contributed by atoms with Crippen LogP contribution in [0.25, 0.3) is 10.8 Å². The molecule has 0 unspecified atom stereocenters. The zero-order chi connectivity index (χ0) is 25.6. The van der Waals surface area contributed by atoms with Crippen molar-refractivity contribution in [2.45, 2.75) is 20.0 Å². The van der Waals surface area contributed by atoms with Crippen LogP contribution in [0.5, 0.6) is 17.2 Å². The van der Waals surface area contributed by atoms with E-state index in [9.17, 15) is 22.4 Å². The number of oxime groups is 1. The number of alkyl halides is 3. The second-order valence-electron chi connectivity index (χ2n) is 7.20. The van der Waals surface area contributed by atoms with E-state index in [-0.39, 0.29) is 25.6 Å². The molecule has 0 bridgehead atoms. The van der Waals surface area contributed by atoms with Crippen molar-refractivity contribution in [1.29, 1.82) is 0 Å². The minimum absolute atomic E-state index is 0.0651. The molecule has 0 fully saturated rings. The smallest absolute Gasteiger partial charge is 0.417 e. The SMILES string of the molecule is CCOC(=O)CO/N=C(\C)COc1ccc2ccc(Oc3c(F)ccc(C(F)(F)F)c3Cl)cc2c1. The lowest BCUT2D eigenvalue weighted by molar-refractivity contribution is -0.148. The van der Waals surface area contributed by atoms with Gasteiger partial charge in [-0.1, -0.05) is 28.9 Å². The molecule has 35 heavy (non-hydrogen) atoms. The maximum Gasteiger partial charge on any atom is 0.417 e. The van der Waals surface area contributed by atoms with Crippen LogP contribution in [-0.2, 0) is 20.5 Å². The van der Waals surface area contributed by atoms with E-state index in [4.69, 9.17) is 30.6 Å². The van der Waals surface area contributed by atoms with E-state index >= 15 is 0 Å². The molecule has 11 heteroatoms. The van der Waals surface area contributed by atoms with Crippen molar-refractivity contribution >= 4 is 34.1 Å². The molecule has 0 aliphatic heterocycles. The Morgan fingerprint density at radius 2 is 1.69 bits per heavy atom. The highest BCUT2D eigenvalue weighted by Gasteiger charge is 2.35. The van der Waals surface area contributed by atoms with Gasteiger partial charge in [-0.15, -0.1) is 0 Å². The molecule has 0 aliphatic rings. The van der Waals surface area contributed by atoms with Crippen molar-refractivity contribution in [3.63, 3.8) is 0 Å². The average molecular weight is 514 g/mol. The van der Waals surface area contributed by atoms with Gasteiger partial charge in [0, 0.05) is 0 Å². The fraction of sp³-hybridized carbons (Fsp3) is 0.250. The molecule has 0 saturated carbocycles. The summed E-state index contributed by atoms with van der Waals surface area (Å²) in [6.07, 6.45) is -4.76. The molecule has 0 spiro atoms. The molecule has 3 aromatic carbocycles. The van der Waals surface area contributed by atoms with E-state index < -0.39 is 34.3 Å². The van der Waals surface area contributed by atoms with E-state index in [1.54, 1.807) is 38.1 Å². The highest BCUT2D eigenvalue weighted by Crippen LogP contribution is 2.42. The maximum atomic E-state index is 14.2. The molecule has 0 amide bonds. The lowest BCUT2D eigenvalue weighted by Crippen LogP contribution is -2.13. The predicted octanol–water partition coefficient (Wildman–Crippen LogP) is 6.78. The van der Waals surface area contributed by atoms with Gasteiger partial charge in [0.1, 0.15) is 18.1 Å². The molecule has 3 aromatic rings. The summed E-state index contributed by atoms with van der Waals surface area (Å²) in [5, 5.41) is 4.31. The molecular formula is C24H20ClF4NO5. The zero-order valence-electron chi connectivity index (χ0n) is 18.6. The van der Waals surface area contributed by atoms with Gasteiger partial charge in [0.2, 0.25) is 6.61 Å². The Bertz CT molecular complexity index is 1250. The Morgan fingerprint density at radius 1 is 1.00 bits per heavy atom. The molecule has 0 heterocycles. The van der Waals surface area contributed by atoms with Gasteiger partial charge in [-0.2, -0.15) is 13.2 Å². The van der Waals surface area contributed by atoms with Crippen LogP contribution in [0.1, 0.15) is 19.4 Å². The van der Waals surface area contributed by atoms with Gasteiger partial charge in [-0.25, -0.2) is 9.18 Å². The standard InChI is InChI=1S/C24H20ClF4NO5/c1-3-32-21(31)13-34-30-14(2)12-33-17-6-4-15-5-7-18(11-16(15)10-17)35-23-20(26)9-8-19(22(23)25)24(27,28)29/h4-11H,3,12-13H2,1-2H3/b30-14+. The van der Waals surface area contributed by atoms with Crippen molar-refractivity contribution < 1.29 is 41.4 Å². The Labute approximate surface area is 203 Å². The number of carbonyl (C=O) groups is 1. The van der Waals surface area contributed by atoms with Crippen LogP contribution in [-0.4, -0.2) is 31.5 Å². The predicted molar refractivity (Wildman–Crippen MR) is 122 cm³/mol. The third-order valence-electron chi connectivity index (χ3n) is 4.51. The van der Waals surface area contributed by atoms with Crippen molar-refractivity contribution in [3.8, 4) is 17.2 Å². The number of halogens is 5. The number of hydrogen-bond donors (Lipinski definition) is 0. The summed E-state index contributed by atoms with van der Waals surface area (Å²) in [7, 11) is 0. The van der Waals surface area contributed by atoms with E-state index in [2.05, 4.69) is 5.16 Å². The topological polar surface area (TPSA) is 66.4 Å². The van der Waals surface area contributed by atoms with Crippen LogP contribution in [0.15, 0.2) is 53.7 Å². The molecule has 186 valence electrons. The lowest BCUT2D eigenvalue weighted by Gasteiger charge is -2.14. The lowest BCUT2D eigenvalue weighted by atomic mass is 10.1. The molecule has 3 rings (SSSR count). The number of carbonyl (C=O) groups excluding carboxylic acids is 1. The number of ether oxygens (including phenoxy) is 3. The summed E-state index contributed by atoms with van der Waals surface area (Å²) in [6.45, 7) is 3.31. The Morgan fingerprint density at radius 3 is 2.37 bits per heavy atom. The third kappa shape index (κ3) is 6.98. The van der Waals surface area contributed by atoms with E-state index in [0.29, 0.717) is 29.0 Å². The largest absolute Gasteiger partial charge is 0.488 e. The number of rotatable bonds is 9. The minimum atomic E-state index is -4.76. The van der Waals surface area contributed by atoms with Gasteiger partial charge in [-0.05, 0) is 61.0 Å². The Kier molecular flexibility index (Phi) is 8.39. The summed E-state index contributed by atoms with van der Waals surface area (Å²) in [5.74, 6) is -1.75. The van der Waals surface area contributed by atoms with Gasteiger partial charge in [0.15, 0.2) is 11.6 Å². The van der Waals surface area contributed by atoms with Crippen molar-refractivity contribution in [2.24, 2.45) is 5.16 Å². The maximum absolute atomic E-state index is 14.2. The Balaban J connectivity index is 1.73. The minimum Gasteiger partial charge on any atom is -0.488 e. The number of benzene rings is 3. The van der Waals surface area contributed by atoms with Gasteiger partial charge in [0.25, 0.3) is 0 Å². The van der Waals surface area contributed by atoms with Crippen molar-refractivity contribution in [3.05, 3.63) is 64.9 Å². The summed E-state index contributed by atoms with van der Waals surface area (Å²) in [5.41, 5.74) is -0.739. The monoisotopic (exact) mass is 513 g/mol. The molecule has 0 atom stereocenters. The van der Waals surface area contributed by atoms with Crippen LogP contribution in [0.4, 0.5) is 17.6 Å². The molecule has 6 nitrogen and oxygen atoms in total. The van der Waals surface area contributed by atoms with E-state index in [1.165, 1.54) is 12.1 Å². The normalized spacial score (nSPS) is 11.9. The van der Waals surface area contributed by atoms with Crippen molar-refractivity contribution in [2.75, 3.05) is 19.8 Å². The van der Waals surface area contributed by atoms with Crippen LogP contribution in [0, 0.1) is 5.82 Å². The first-order chi connectivity index (χ1) is 16.6. The number of nitrogens with zero attached hydrogens (tertiary/aromatic N) is 1. The average Bonchev–Trinajstić information content (AvgIpc) is 2.79. The first kappa shape index (κ1) is 26.1. The third-order valence-corrected chi connectivity index (χ3v) is 4.89. The number of esters is 1. The highest BCUT2D eigenvalue weighted by molar-refractivity contribution is 6.33. The van der Waals surface area contributed by atoms with Gasteiger partial charge in [-0.3, -0.25) is 0 Å². The number of fused-ring (bicyclic) bond motifs is 1. The summed E-state index contributed by atoms with van der Waals surface area (Å²) in [6, 6.07) is 11.0. The first-order valence-electron chi connectivity index (χ1n) is 10.3. The molecule has 0 saturated heterocycles. The van der Waals surface area contributed by atoms with Crippen LogP contribution in [0.2, 0.25) is 5.02 Å². The molecule has 0 radical (unpaired) electrons. The van der Waals surface area contributed by atoms with E-state index in [0.717, 1.165) is 5.39 Å². The summed E-state index contributed by atoms with van der Waals surface area (Å²) >= 11 is 5.78. The summed E-state index contributed by atoms with van der Waals surface area (Å²) in [4.78, 5) is 16.1. The van der Waals surface area contributed by atoms with Crippen LogP contribution in [0.3, 0.4) is 0 Å². The highest BCUT2D eigenvalue weighted by atomic mass is 35.5. The fourth-order valence-corrected chi connectivity index (χ4v) is 3.23. The second kappa shape index (κ2) is 11.3. The molecule has 0 aliphatic carbocycles. The van der Waals surface area contributed by atoms with Crippen molar-refractivity contribution in [1.82, 2.24) is 0 Å². The van der Waals surface area contributed by atoms with Crippen LogP contribution >= 0.6 is 11.6 Å². The molecule has 0 N–H and O–H groups in total. The Hall–Kier alpha value is -3.53. The fourth-order valence-electron chi connectivity index (χ4n) is 2.93.